The van der Waals surface area contributed by atoms with Gasteiger partial charge in [-0.1, -0.05) is 0 Å². The van der Waals surface area contributed by atoms with Crippen molar-refractivity contribution < 1.29 is 19.4 Å². The van der Waals surface area contributed by atoms with Crippen LogP contribution in [0.2, 0.25) is 0 Å². The van der Waals surface area contributed by atoms with Crippen molar-refractivity contribution in [3.8, 4) is 5.75 Å². The lowest BCUT2D eigenvalue weighted by atomic mass is 10.1. The largest absolute Gasteiger partial charge is 0.497 e. The van der Waals surface area contributed by atoms with Crippen molar-refractivity contribution in [2.24, 2.45) is 0 Å². The van der Waals surface area contributed by atoms with Crippen LogP contribution >= 0.6 is 0 Å². The zero-order chi connectivity index (χ0) is 13.8. The van der Waals surface area contributed by atoms with Gasteiger partial charge in [-0.25, -0.2) is 4.79 Å². The van der Waals surface area contributed by atoms with Crippen molar-refractivity contribution in [1.82, 2.24) is 4.98 Å². The number of hydrogen-bond acceptors (Lipinski definition) is 3. The first-order chi connectivity index (χ1) is 9.11. The number of aromatic carboxylic acids is 1. The van der Waals surface area contributed by atoms with E-state index >= 15 is 0 Å². The average molecular weight is 260 g/mol. The van der Waals surface area contributed by atoms with E-state index in [1.807, 2.05) is 0 Å². The Morgan fingerprint density at radius 1 is 1.32 bits per heavy atom. The average Bonchev–Trinajstić information content (AvgIpc) is 2.92. The van der Waals surface area contributed by atoms with Gasteiger partial charge in [0, 0.05) is 6.20 Å². The first kappa shape index (κ1) is 12.7. The van der Waals surface area contributed by atoms with Crippen molar-refractivity contribution in [2.75, 3.05) is 12.4 Å². The lowest BCUT2D eigenvalue weighted by Gasteiger charge is -2.09. The predicted molar refractivity (Wildman–Crippen MR) is 68.7 cm³/mol. The molecule has 98 valence electrons. The number of methoxy groups -OCH3 is 1. The summed E-state index contributed by atoms with van der Waals surface area (Å²) in [5, 5.41) is 11.7. The highest BCUT2D eigenvalue weighted by Crippen LogP contribution is 2.22. The van der Waals surface area contributed by atoms with E-state index in [-0.39, 0.29) is 11.3 Å². The van der Waals surface area contributed by atoms with Crippen LogP contribution in [0, 0.1) is 0 Å². The second-order valence-corrected chi connectivity index (χ2v) is 3.75. The molecule has 0 bridgehead atoms. The van der Waals surface area contributed by atoms with E-state index < -0.39 is 11.9 Å². The zero-order valence-electron chi connectivity index (χ0n) is 10.1. The van der Waals surface area contributed by atoms with Gasteiger partial charge in [0.2, 0.25) is 0 Å². The van der Waals surface area contributed by atoms with Crippen molar-refractivity contribution in [1.29, 1.82) is 0 Å². The van der Waals surface area contributed by atoms with Crippen LogP contribution in [0.15, 0.2) is 36.5 Å². The highest BCUT2D eigenvalue weighted by Gasteiger charge is 2.15. The first-order valence-corrected chi connectivity index (χ1v) is 5.48. The number of benzene rings is 1. The molecule has 2 rings (SSSR count). The summed E-state index contributed by atoms with van der Waals surface area (Å²) in [4.78, 5) is 25.7. The molecule has 0 aliphatic rings. The van der Waals surface area contributed by atoms with Crippen LogP contribution in [0.5, 0.6) is 5.75 Å². The Hall–Kier alpha value is -2.76. The number of rotatable bonds is 4. The fourth-order valence-corrected chi connectivity index (χ4v) is 1.60. The SMILES string of the molecule is COc1ccc(NC(=O)c2ccc[nH]2)c(C(=O)O)c1. The Kier molecular flexibility index (Phi) is 3.51. The number of amides is 1. The third-order valence-electron chi connectivity index (χ3n) is 2.55. The van der Waals surface area contributed by atoms with E-state index in [1.54, 1.807) is 24.4 Å². The molecule has 2 aromatic rings. The van der Waals surface area contributed by atoms with E-state index in [9.17, 15) is 9.59 Å². The van der Waals surface area contributed by atoms with Gasteiger partial charge in [0.15, 0.2) is 0 Å². The Morgan fingerprint density at radius 3 is 2.68 bits per heavy atom. The topological polar surface area (TPSA) is 91.4 Å². The van der Waals surface area contributed by atoms with Gasteiger partial charge >= 0.3 is 5.97 Å². The van der Waals surface area contributed by atoms with Crippen LogP contribution < -0.4 is 10.1 Å². The standard InChI is InChI=1S/C13H12N2O4/c1-19-8-4-5-10(9(7-8)13(17)18)15-12(16)11-3-2-6-14-11/h2-7,14H,1H3,(H,15,16)(H,17,18). The van der Waals surface area contributed by atoms with Crippen molar-refractivity contribution in [3.05, 3.63) is 47.8 Å². The normalized spacial score (nSPS) is 9.95. The van der Waals surface area contributed by atoms with Crippen LogP contribution in [0.4, 0.5) is 5.69 Å². The van der Waals surface area contributed by atoms with Crippen molar-refractivity contribution in [2.45, 2.75) is 0 Å². The highest BCUT2D eigenvalue weighted by molar-refractivity contribution is 6.06. The van der Waals surface area contributed by atoms with E-state index in [1.165, 1.54) is 19.2 Å². The maximum absolute atomic E-state index is 11.8. The number of hydrogen-bond donors (Lipinski definition) is 3. The molecule has 1 amide bonds. The molecule has 0 atom stereocenters. The summed E-state index contributed by atoms with van der Waals surface area (Å²) in [6.45, 7) is 0. The van der Waals surface area contributed by atoms with Gasteiger partial charge in [-0.3, -0.25) is 4.79 Å². The summed E-state index contributed by atoms with van der Waals surface area (Å²) in [5.74, 6) is -1.13. The number of aromatic amines is 1. The van der Waals surface area contributed by atoms with Crippen LogP contribution in [0.25, 0.3) is 0 Å². The molecule has 0 aliphatic carbocycles. The van der Waals surface area contributed by atoms with Gasteiger partial charge in [0.25, 0.3) is 5.91 Å². The maximum atomic E-state index is 11.8. The Bertz CT molecular complexity index is 605. The summed E-state index contributed by atoms with van der Waals surface area (Å²) in [6.07, 6.45) is 1.61. The molecule has 1 aromatic heterocycles. The summed E-state index contributed by atoms with van der Waals surface area (Å²) < 4.78 is 4.96. The summed E-state index contributed by atoms with van der Waals surface area (Å²) >= 11 is 0. The molecule has 0 radical (unpaired) electrons. The number of carboxylic acid groups (broad SMARTS) is 1. The molecule has 6 nitrogen and oxygen atoms in total. The second-order valence-electron chi connectivity index (χ2n) is 3.75. The predicted octanol–water partition coefficient (Wildman–Crippen LogP) is 1.97. The molecular weight excluding hydrogens is 248 g/mol. The third kappa shape index (κ3) is 2.74. The van der Waals surface area contributed by atoms with Crippen LogP contribution in [0.1, 0.15) is 20.8 Å². The summed E-state index contributed by atoms with van der Waals surface area (Å²) in [6, 6.07) is 7.70. The molecule has 0 unspecified atom stereocenters. The number of anilines is 1. The molecule has 6 heteroatoms. The molecule has 3 N–H and O–H groups in total. The first-order valence-electron chi connectivity index (χ1n) is 5.48. The Morgan fingerprint density at radius 2 is 2.11 bits per heavy atom. The Balaban J connectivity index is 2.29. The van der Waals surface area contributed by atoms with Gasteiger partial charge in [-0.05, 0) is 30.3 Å². The minimum atomic E-state index is -1.14. The van der Waals surface area contributed by atoms with E-state index in [4.69, 9.17) is 9.84 Å². The summed E-state index contributed by atoms with van der Waals surface area (Å²) in [5.41, 5.74) is 0.541. The minimum absolute atomic E-state index is 0.0285. The van der Waals surface area contributed by atoms with Gasteiger partial charge in [-0.15, -0.1) is 0 Å². The van der Waals surface area contributed by atoms with Crippen LogP contribution in [0.3, 0.4) is 0 Å². The lowest BCUT2D eigenvalue weighted by Crippen LogP contribution is -2.15. The van der Waals surface area contributed by atoms with Gasteiger partial charge in [0.1, 0.15) is 11.4 Å². The fourth-order valence-electron chi connectivity index (χ4n) is 1.60. The second kappa shape index (κ2) is 5.26. The third-order valence-corrected chi connectivity index (χ3v) is 2.55. The van der Waals surface area contributed by atoms with Gasteiger partial charge in [-0.2, -0.15) is 0 Å². The molecule has 0 spiro atoms. The Labute approximate surface area is 109 Å². The number of carbonyl (C=O) groups is 2. The molecule has 0 aliphatic heterocycles. The zero-order valence-corrected chi connectivity index (χ0v) is 10.1. The number of carboxylic acids is 1. The molecule has 1 heterocycles. The van der Waals surface area contributed by atoms with Crippen molar-refractivity contribution >= 4 is 17.6 Å². The number of carbonyl (C=O) groups excluding carboxylic acids is 1. The van der Waals surface area contributed by atoms with Gasteiger partial charge in [0.05, 0.1) is 18.4 Å². The number of H-pyrrole nitrogens is 1. The molecule has 0 saturated heterocycles. The number of nitrogens with one attached hydrogen (secondary N) is 2. The van der Waals surface area contributed by atoms with Crippen molar-refractivity contribution in [3.63, 3.8) is 0 Å². The van der Waals surface area contributed by atoms with Crippen LogP contribution in [-0.2, 0) is 0 Å². The number of aromatic nitrogens is 1. The van der Waals surface area contributed by atoms with E-state index in [0.717, 1.165) is 0 Å². The molecule has 0 fully saturated rings. The van der Waals surface area contributed by atoms with E-state index in [2.05, 4.69) is 10.3 Å². The maximum Gasteiger partial charge on any atom is 0.337 e. The smallest absolute Gasteiger partial charge is 0.337 e. The fraction of sp³-hybridized carbons (Fsp3) is 0.0769. The van der Waals surface area contributed by atoms with Gasteiger partial charge < -0.3 is 20.1 Å². The monoisotopic (exact) mass is 260 g/mol. The molecule has 19 heavy (non-hydrogen) atoms. The molecule has 0 saturated carbocycles. The molecular formula is C13H12N2O4. The highest BCUT2D eigenvalue weighted by atomic mass is 16.5. The molecule has 1 aromatic carbocycles. The van der Waals surface area contributed by atoms with E-state index in [0.29, 0.717) is 11.4 Å². The van der Waals surface area contributed by atoms with Crippen LogP contribution in [-0.4, -0.2) is 29.1 Å². The minimum Gasteiger partial charge on any atom is -0.497 e. The number of ether oxygens (including phenoxy) is 1. The lowest BCUT2D eigenvalue weighted by molar-refractivity contribution is 0.0697. The summed E-state index contributed by atoms with van der Waals surface area (Å²) in [7, 11) is 1.44. The quantitative estimate of drug-likeness (QED) is 0.783.